The largest absolute Gasteiger partial charge is 0.0617 e. The van der Waals surface area contributed by atoms with Crippen LogP contribution < -0.4 is 0 Å². The number of hydrogen-bond acceptors (Lipinski definition) is 0. The van der Waals surface area contributed by atoms with E-state index in [4.69, 9.17) is 0 Å². The third-order valence-electron chi connectivity index (χ3n) is 5.79. The van der Waals surface area contributed by atoms with Gasteiger partial charge in [0.1, 0.15) is 0 Å². The van der Waals surface area contributed by atoms with E-state index in [0.29, 0.717) is 0 Å². The van der Waals surface area contributed by atoms with Crippen LogP contribution in [0.3, 0.4) is 0 Å². The third kappa shape index (κ3) is 1.75. The smallest absolute Gasteiger partial charge is 0.00749 e. The molecule has 0 N–H and O–H groups in total. The van der Waals surface area contributed by atoms with Crippen LogP contribution in [0.2, 0.25) is 0 Å². The molecule has 106 valence electrons. The van der Waals surface area contributed by atoms with Gasteiger partial charge in [0.25, 0.3) is 0 Å². The third-order valence-corrected chi connectivity index (χ3v) is 5.79. The first-order valence-electron chi connectivity index (χ1n) is 8.03. The normalized spacial score (nSPS) is 20.6. The van der Waals surface area contributed by atoms with Gasteiger partial charge in [0.2, 0.25) is 0 Å². The Balaban J connectivity index is 2.09. The average molecular weight is 274 g/mol. The summed E-state index contributed by atoms with van der Waals surface area (Å²) in [6.45, 7) is 7.21. The average Bonchev–Trinajstić information content (AvgIpc) is 2.50. The molecular formula is C21H22. The van der Waals surface area contributed by atoms with E-state index in [1.54, 1.807) is 11.1 Å². The van der Waals surface area contributed by atoms with Gasteiger partial charge in [-0.15, -0.1) is 0 Å². The van der Waals surface area contributed by atoms with Crippen molar-refractivity contribution >= 4 is 21.5 Å². The summed E-state index contributed by atoms with van der Waals surface area (Å²) in [7, 11) is 0. The lowest BCUT2D eigenvalue weighted by atomic mass is 9.65. The molecule has 0 aromatic heterocycles. The number of rotatable bonds is 0. The van der Waals surface area contributed by atoms with Gasteiger partial charge in [0, 0.05) is 0 Å². The molecule has 0 bridgehead atoms. The summed E-state index contributed by atoms with van der Waals surface area (Å²) in [6.07, 6.45) is 2.52. The molecule has 4 rings (SSSR count). The van der Waals surface area contributed by atoms with Crippen molar-refractivity contribution in [1.29, 1.82) is 0 Å². The molecule has 0 aliphatic heterocycles. The number of hydrogen-bond donors (Lipinski definition) is 0. The summed E-state index contributed by atoms with van der Waals surface area (Å²) >= 11 is 0. The lowest BCUT2D eigenvalue weighted by molar-refractivity contribution is 0.303. The minimum atomic E-state index is 0.285. The molecule has 0 heterocycles. The van der Waals surface area contributed by atoms with E-state index in [0.717, 1.165) is 5.92 Å². The Hall–Kier alpha value is -1.82. The van der Waals surface area contributed by atoms with Gasteiger partial charge >= 0.3 is 0 Å². The van der Waals surface area contributed by atoms with E-state index in [2.05, 4.69) is 69.3 Å². The van der Waals surface area contributed by atoms with Gasteiger partial charge in [-0.25, -0.2) is 0 Å². The SMILES string of the molecule is CC1CCc2c(ccc3c2ccc2ccccc23)C1(C)C. The van der Waals surface area contributed by atoms with Crippen molar-refractivity contribution in [2.45, 2.75) is 39.0 Å². The molecule has 0 radical (unpaired) electrons. The van der Waals surface area contributed by atoms with Gasteiger partial charge in [0.15, 0.2) is 0 Å². The molecular weight excluding hydrogens is 252 g/mol. The van der Waals surface area contributed by atoms with Gasteiger partial charge in [0.05, 0.1) is 0 Å². The second-order valence-electron chi connectivity index (χ2n) is 7.13. The quantitative estimate of drug-likeness (QED) is 0.451. The van der Waals surface area contributed by atoms with Crippen LogP contribution in [0.1, 0.15) is 38.3 Å². The Morgan fingerprint density at radius 1 is 0.857 bits per heavy atom. The Kier molecular flexibility index (Phi) is 2.66. The fraction of sp³-hybridized carbons (Fsp3) is 0.333. The first-order chi connectivity index (χ1) is 10.1. The Labute approximate surface area is 126 Å². The van der Waals surface area contributed by atoms with E-state index in [-0.39, 0.29) is 5.41 Å². The van der Waals surface area contributed by atoms with Crippen LogP contribution in [0.25, 0.3) is 21.5 Å². The minimum absolute atomic E-state index is 0.285. The summed E-state index contributed by atoms with van der Waals surface area (Å²) in [5.41, 5.74) is 3.43. The van der Waals surface area contributed by atoms with Crippen molar-refractivity contribution in [2.75, 3.05) is 0 Å². The Morgan fingerprint density at radius 2 is 1.62 bits per heavy atom. The zero-order chi connectivity index (χ0) is 14.6. The van der Waals surface area contributed by atoms with Crippen LogP contribution in [0.5, 0.6) is 0 Å². The molecule has 3 aromatic rings. The fourth-order valence-corrected chi connectivity index (χ4v) is 4.01. The van der Waals surface area contributed by atoms with Crippen LogP contribution >= 0.6 is 0 Å². The zero-order valence-corrected chi connectivity index (χ0v) is 13.1. The molecule has 3 aromatic carbocycles. The number of benzene rings is 3. The lowest BCUT2D eigenvalue weighted by Gasteiger charge is -2.39. The molecule has 1 aliphatic rings. The van der Waals surface area contributed by atoms with E-state index in [1.807, 2.05) is 0 Å². The second kappa shape index (κ2) is 4.34. The summed E-state index contributed by atoms with van der Waals surface area (Å²) in [5, 5.41) is 5.60. The molecule has 1 atom stereocenters. The number of aryl methyl sites for hydroxylation is 1. The van der Waals surface area contributed by atoms with Crippen molar-refractivity contribution < 1.29 is 0 Å². The molecule has 0 heteroatoms. The van der Waals surface area contributed by atoms with Gasteiger partial charge in [-0.3, -0.25) is 0 Å². The first-order valence-corrected chi connectivity index (χ1v) is 8.03. The maximum absolute atomic E-state index is 2.41. The topological polar surface area (TPSA) is 0 Å². The molecule has 0 spiro atoms. The first kappa shape index (κ1) is 12.9. The minimum Gasteiger partial charge on any atom is -0.0617 e. The summed E-state index contributed by atoms with van der Waals surface area (Å²) in [4.78, 5) is 0. The van der Waals surface area contributed by atoms with E-state index < -0.39 is 0 Å². The van der Waals surface area contributed by atoms with Gasteiger partial charge in [-0.1, -0.05) is 69.3 Å². The Bertz CT molecular complexity index is 839. The maximum atomic E-state index is 2.41. The van der Waals surface area contributed by atoms with Crippen molar-refractivity contribution in [3.8, 4) is 0 Å². The van der Waals surface area contributed by atoms with Gasteiger partial charge in [-0.05, 0) is 56.8 Å². The van der Waals surface area contributed by atoms with E-state index >= 15 is 0 Å². The molecule has 0 amide bonds. The summed E-state index contributed by atoms with van der Waals surface area (Å²) in [5.74, 6) is 0.753. The van der Waals surface area contributed by atoms with Gasteiger partial charge < -0.3 is 0 Å². The molecule has 0 saturated heterocycles. The van der Waals surface area contributed by atoms with Crippen molar-refractivity contribution in [1.82, 2.24) is 0 Å². The fourth-order valence-electron chi connectivity index (χ4n) is 4.01. The highest BCUT2D eigenvalue weighted by atomic mass is 14.4. The standard InChI is InChI=1S/C21H22/c1-14-8-10-19-18-11-9-15-6-4-5-7-16(15)17(18)12-13-20(19)21(14,2)3/h4-7,9,11-14H,8,10H2,1-3H3. The monoisotopic (exact) mass is 274 g/mol. The summed E-state index contributed by atoms with van der Waals surface area (Å²) < 4.78 is 0. The van der Waals surface area contributed by atoms with Crippen molar-refractivity contribution in [2.24, 2.45) is 5.92 Å². The molecule has 0 saturated carbocycles. The lowest BCUT2D eigenvalue weighted by Crippen LogP contribution is -2.32. The van der Waals surface area contributed by atoms with Crippen molar-refractivity contribution in [3.63, 3.8) is 0 Å². The second-order valence-corrected chi connectivity index (χ2v) is 7.13. The zero-order valence-electron chi connectivity index (χ0n) is 13.1. The predicted molar refractivity (Wildman–Crippen MR) is 92.0 cm³/mol. The van der Waals surface area contributed by atoms with Crippen LogP contribution in [0.15, 0.2) is 48.5 Å². The van der Waals surface area contributed by atoms with Crippen LogP contribution in [0, 0.1) is 5.92 Å². The predicted octanol–water partition coefficient (Wildman–Crippen LogP) is 5.85. The molecule has 0 fully saturated rings. The van der Waals surface area contributed by atoms with Crippen LogP contribution in [-0.2, 0) is 11.8 Å². The molecule has 0 nitrogen and oxygen atoms in total. The highest BCUT2D eigenvalue weighted by molar-refractivity contribution is 6.08. The van der Waals surface area contributed by atoms with Crippen molar-refractivity contribution in [3.05, 3.63) is 59.7 Å². The number of fused-ring (bicyclic) bond motifs is 5. The highest BCUT2D eigenvalue weighted by Gasteiger charge is 2.34. The van der Waals surface area contributed by atoms with Crippen LogP contribution in [-0.4, -0.2) is 0 Å². The summed E-state index contributed by atoms with van der Waals surface area (Å²) in [6, 6.07) is 18.1. The van der Waals surface area contributed by atoms with E-state index in [9.17, 15) is 0 Å². The molecule has 21 heavy (non-hydrogen) atoms. The Morgan fingerprint density at radius 3 is 2.48 bits per heavy atom. The van der Waals surface area contributed by atoms with E-state index in [1.165, 1.54) is 34.4 Å². The maximum Gasteiger partial charge on any atom is -0.00749 e. The molecule has 1 aliphatic carbocycles. The van der Waals surface area contributed by atoms with Crippen LogP contribution in [0.4, 0.5) is 0 Å². The molecule has 1 unspecified atom stereocenters. The highest BCUT2D eigenvalue weighted by Crippen LogP contribution is 2.44. The van der Waals surface area contributed by atoms with Gasteiger partial charge in [-0.2, -0.15) is 0 Å².